The summed E-state index contributed by atoms with van der Waals surface area (Å²) in [5, 5.41) is 3.46. The second-order valence-electron chi connectivity index (χ2n) is 5.71. The first-order valence-corrected chi connectivity index (χ1v) is 8.67. The number of hydrogen-bond acceptors (Lipinski definition) is 3. The normalized spacial score (nSPS) is 12.4. The first kappa shape index (κ1) is 17.5. The molecule has 1 aliphatic carbocycles. The number of fused-ring (bicyclic) bond motifs is 1. The van der Waals surface area contributed by atoms with Crippen LogP contribution in [0.3, 0.4) is 0 Å². The zero-order valence-corrected chi connectivity index (χ0v) is 14.4. The number of ether oxygens (including phenoxy) is 1. The SMILES string of the molecule is CCCCCNC(=S)NNC(=O)COc1ccc2c(c1)CCC2. The highest BCUT2D eigenvalue weighted by Crippen LogP contribution is 2.25. The highest BCUT2D eigenvalue weighted by Gasteiger charge is 2.11. The van der Waals surface area contributed by atoms with E-state index >= 15 is 0 Å². The minimum atomic E-state index is -0.261. The maximum absolute atomic E-state index is 11.7. The predicted molar refractivity (Wildman–Crippen MR) is 95.4 cm³/mol. The van der Waals surface area contributed by atoms with Crippen LogP contribution in [0.2, 0.25) is 0 Å². The molecule has 6 heteroatoms. The summed E-state index contributed by atoms with van der Waals surface area (Å²) >= 11 is 5.08. The summed E-state index contributed by atoms with van der Waals surface area (Å²) in [4.78, 5) is 11.7. The molecule has 0 spiro atoms. The van der Waals surface area contributed by atoms with Crippen LogP contribution in [0.25, 0.3) is 0 Å². The lowest BCUT2D eigenvalue weighted by molar-refractivity contribution is -0.123. The monoisotopic (exact) mass is 335 g/mol. The lowest BCUT2D eigenvalue weighted by Gasteiger charge is -2.12. The molecule has 0 aliphatic heterocycles. The maximum Gasteiger partial charge on any atom is 0.276 e. The second kappa shape index (κ2) is 9.35. The van der Waals surface area contributed by atoms with Crippen LogP contribution in [-0.4, -0.2) is 24.2 Å². The summed E-state index contributed by atoms with van der Waals surface area (Å²) in [5.41, 5.74) is 7.93. The molecule has 2 rings (SSSR count). The van der Waals surface area contributed by atoms with Crippen LogP contribution in [0.1, 0.15) is 43.7 Å². The first-order chi connectivity index (χ1) is 11.2. The number of amides is 1. The van der Waals surface area contributed by atoms with Crippen LogP contribution in [0, 0.1) is 0 Å². The molecule has 1 aromatic carbocycles. The van der Waals surface area contributed by atoms with Gasteiger partial charge in [-0.15, -0.1) is 0 Å². The summed E-state index contributed by atoms with van der Waals surface area (Å²) in [7, 11) is 0. The van der Waals surface area contributed by atoms with Crippen molar-refractivity contribution in [1.29, 1.82) is 0 Å². The van der Waals surface area contributed by atoms with Gasteiger partial charge < -0.3 is 10.1 Å². The summed E-state index contributed by atoms with van der Waals surface area (Å²) < 4.78 is 5.52. The van der Waals surface area contributed by atoms with Crippen LogP contribution in [-0.2, 0) is 17.6 Å². The predicted octanol–water partition coefficient (Wildman–Crippen LogP) is 2.24. The average molecular weight is 335 g/mol. The second-order valence-corrected chi connectivity index (χ2v) is 6.12. The molecule has 0 bridgehead atoms. The van der Waals surface area contributed by atoms with Gasteiger partial charge in [0, 0.05) is 6.54 Å². The number of carbonyl (C=O) groups excluding carboxylic acids is 1. The molecule has 126 valence electrons. The number of hydrazine groups is 1. The topological polar surface area (TPSA) is 62.4 Å². The van der Waals surface area contributed by atoms with Crippen LogP contribution >= 0.6 is 12.2 Å². The highest BCUT2D eigenvalue weighted by molar-refractivity contribution is 7.80. The van der Waals surface area contributed by atoms with Crippen molar-refractivity contribution in [3.63, 3.8) is 0 Å². The standard InChI is InChI=1S/C17H25N3O2S/c1-2-3-4-10-18-17(23)20-19-16(21)12-22-15-9-8-13-6-5-7-14(13)11-15/h8-9,11H,2-7,10,12H2,1H3,(H,19,21)(H2,18,20,23). The van der Waals surface area contributed by atoms with Crippen molar-refractivity contribution in [2.24, 2.45) is 0 Å². The zero-order valence-electron chi connectivity index (χ0n) is 13.6. The number of rotatable bonds is 7. The minimum absolute atomic E-state index is 0.0375. The van der Waals surface area contributed by atoms with Gasteiger partial charge in [0.05, 0.1) is 0 Å². The van der Waals surface area contributed by atoms with Crippen molar-refractivity contribution in [3.05, 3.63) is 29.3 Å². The fourth-order valence-corrected chi connectivity index (χ4v) is 2.72. The maximum atomic E-state index is 11.7. The molecule has 23 heavy (non-hydrogen) atoms. The lowest BCUT2D eigenvalue weighted by Crippen LogP contribution is -2.48. The number of hydrogen-bond donors (Lipinski definition) is 3. The fraction of sp³-hybridized carbons (Fsp3) is 0.529. The average Bonchev–Trinajstić information content (AvgIpc) is 3.02. The van der Waals surface area contributed by atoms with Crippen molar-refractivity contribution in [1.82, 2.24) is 16.2 Å². The van der Waals surface area contributed by atoms with E-state index in [4.69, 9.17) is 17.0 Å². The van der Waals surface area contributed by atoms with E-state index in [2.05, 4.69) is 29.2 Å². The molecule has 1 aromatic rings. The van der Waals surface area contributed by atoms with E-state index < -0.39 is 0 Å². The van der Waals surface area contributed by atoms with Crippen molar-refractivity contribution in [2.45, 2.75) is 45.4 Å². The van der Waals surface area contributed by atoms with Gasteiger partial charge in [-0.25, -0.2) is 0 Å². The summed E-state index contributed by atoms with van der Waals surface area (Å²) in [6, 6.07) is 6.04. The van der Waals surface area contributed by atoms with E-state index in [0.717, 1.165) is 38.0 Å². The molecule has 0 atom stereocenters. The van der Waals surface area contributed by atoms with E-state index in [1.54, 1.807) is 0 Å². The molecular formula is C17H25N3O2S. The molecule has 1 aliphatic rings. The van der Waals surface area contributed by atoms with E-state index in [0.29, 0.717) is 5.11 Å². The Morgan fingerprint density at radius 3 is 2.87 bits per heavy atom. The minimum Gasteiger partial charge on any atom is -0.484 e. The van der Waals surface area contributed by atoms with Crippen LogP contribution in [0.4, 0.5) is 0 Å². The van der Waals surface area contributed by atoms with Crippen molar-refractivity contribution in [2.75, 3.05) is 13.2 Å². The highest BCUT2D eigenvalue weighted by atomic mass is 32.1. The van der Waals surface area contributed by atoms with Gasteiger partial charge in [0.15, 0.2) is 11.7 Å². The van der Waals surface area contributed by atoms with Gasteiger partial charge in [-0.3, -0.25) is 15.6 Å². The Morgan fingerprint density at radius 1 is 1.22 bits per heavy atom. The number of thiocarbonyl (C=S) groups is 1. The van der Waals surface area contributed by atoms with Gasteiger partial charge in [0.2, 0.25) is 0 Å². The third kappa shape index (κ3) is 6.06. The van der Waals surface area contributed by atoms with E-state index in [1.165, 1.54) is 24.0 Å². The molecule has 0 saturated heterocycles. The molecule has 5 nitrogen and oxygen atoms in total. The zero-order chi connectivity index (χ0) is 16.5. The number of nitrogens with one attached hydrogen (secondary N) is 3. The molecule has 0 aromatic heterocycles. The van der Waals surface area contributed by atoms with Crippen LogP contribution < -0.4 is 20.9 Å². The molecular weight excluding hydrogens is 310 g/mol. The Morgan fingerprint density at radius 2 is 2.04 bits per heavy atom. The Bertz CT molecular complexity index is 549. The molecule has 0 fully saturated rings. The van der Waals surface area contributed by atoms with Gasteiger partial charge in [-0.1, -0.05) is 25.8 Å². The van der Waals surface area contributed by atoms with Gasteiger partial charge in [-0.05, 0) is 61.2 Å². The summed E-state index contributed by atoms with van der Waals surface area (Å²) in [6.45, 7) is 2.92. The third-order valence-corrected chi connectivity index (χ3v) is 4.07. The number of benzene rings is 1. The Labute approximate surface area is 143 Å². The Balaban J connectivity index is 1.62. The van der Waals surface area contributed by atoms with Crippen molar-refractivity contribution in [3.8, 4) is 5.75 Å². The van der Waals surface area contributed by atoms with Crippen molar-refractivity contribution < 1.29 is 9.53 Å². The Kier molecular flexibility index (Phi) is 7.13. The van der Waals surface area contributed by atoms with Crippen LogP contribution in [0.5, 0.6) is 5.75 Å². The van der Waals surface area contributed by atoms with Gasteiger partial charge >= 0.3 is 0 Å². The van der Waals surface area contributed by atoms with E-state index in [1.807, 2.05) is 12.1 Å². The van der Waals surface area contributed by atoms with Gasteiger partial charge in [-0.2, -0.15) is 0 Å². The van der Waals surface area contributed by atoms with Crippen molar-refractivity contribution >= 4 is 23.2 Å². The quantitative estimate of drug-likeness (QED) is 0.405. The fourth-order valence-electron chi connectivity index (χ4n) is 2.57. The molecule has 0 radical (unpaired) electrons. The van der Waals surface area contributed by atoms with Gasteiger partial charge in [0.1, 0.15) is 5.75 Å². The lowest BCUT2D eigenvalue weighted by atomic mass is 10.1. The molecule has 0 saturated carbocycles. The molecule has 0 unspecified atom stereocenters. The summed E-state index contributed by atoms with van der Waals surface area (Å²) in [6.07, 6.45) is 6.83. The third-order valence-electron chi connectivity index (χ3n) is 3.82. The Hall–Kier alpha value is -1.82. The smallest absolute Gasteiger partial charge is 0.276 e. The summed E-state index contributed by atoms with van der Waals surface area (Å²) in [5.74, 6) is 0.476. The molecule has 3 N–H and O–H groups in total. The van der Waals surface area contributed by atoms with Crippen LogP contribution in [0.15, 0.2) is 18.2 Å². The first-order valence-electron chi connectivity index (χ1n) is 8.26. The number of carbonyl (C=O) groups is 1. The largest absolute Gasteiger partial charge is 0.484 e. The molecule has 0 heterocycles. The van der Waals surface area contributed by atoms with E-state index in [9.17, 15) is 4.79 Å². The van der Waals surface area contributed by atoms with Gasteiger partial charge in [0.25, 0.3) is 5.91 Å². The number of unbranched alkanes of at least 4 members (excludes halogenated alkanes) is 2. The number of aryl methyl sites for hydroxylation is 2. The van der Waals surface area contributed by atoms with E-state index in [-0.39, 0.29) is 12.5 Å². The molecule has 1 amide bonds.